The average Bonchev–Trinajstić information content (AvgIpc) is 2.69. The van der Waals surface area contributed by atoms with E-state index in [1.165, 1.54) is 11.1 Å². The Labute approximate surface area is 168 Å². The van der Waals surface area contributed by atoms with Gasteiger partial charge in [0, 0.05) is 18.9 Å². The van der Waals surface area contributed by atoms with Gasteiger partial charge in [0.05, 0.1) is 13.2 Å². The first-order chi connectivity index (χ1) is 13.5. The summed E-state index contributed by atoms with van der Waals surface area (Å²) in [4.78, 5) is 15.0. The Kier molecular flexibility index (Phi) is 6.87. The molecule has 28 heavy (non-hydrogen) atoms. The van der Waals surface area contributed by atoms with Crippen LogP contribution in [0.1, 0.15) is 41.9 Å². The summed E-state index contributed by atoms with van der Waals surface area (Å²) in [5.41, 5.74) is 3.53. The first kappa shape index (κ1) is 20.6. The highest BCUT2D eigenvalue weighted by Gasteiger charge is 2.34. The minimum atomic E-state index is -0.532. The lowest BCUT2D eigenvalue weighted by atomic mass is 9.74. The van der Waals surface area contributed by atoms with Crippen molar-refractivity contribution in [2.24, 2.45) is 5.92 Å². The number of aliphatic hydroxyl groups excluding tert-OH is 1. The van der Waals surface area contributed by atoms with Gasteiger partial charge in [-0.1, -0.05) is 36.4 Å². The van der Waals surface area contributed by atoms with E-state index in [1.54, 1.807) is 7.11 Å². The number of ketones is 1. The van der Waals surface area contributed by atoms with Gasteiger partial charge in [0.1, 0.15) is 11.5 Å². The van der Waals surface area contributed by atoms with Crippen LogP contribution >= 0.6 is 0 Å². The largest absolute Gasteiger partial charge is 0.497 e. The molecule has 4 nitrogen and oxygen atoms in total. The van der Waals surface area contributed by atoms with Gasteiger partial charge in [0.2, 0.25) is 0 Å². The summed E-state index contributed by atoms with van der Waals surface area (Å²) in [6, 6.07) is 16.3. The number of nitrogens with zero attached hydrogens (tertiary/aromatic N) is 1. The summed E-state index contributed by atoms with van der Waals surface area (Å²) in [6.07, 6.45) is 2.17. The van der Waals surface area contributed by atoms with Crippen LogP contribution in [0.4, 0.5) is 0 Å². The zero-order valence-corrected chi connectivity index (χ0v) is 17.1. The highest BCUT2D eigenvalue weighted by Crippen LogP contribution is 2.37. The van der Waals surface area contributed by atoms with E-state index in [-0.39, 0.29) is 11.7 Å². The minimum Gasteiger partial charge on any atom is -0.497 e. The molecule has 1 saturated carbocycles. The highest BCUT2D eigenvalue weighted by molar-refractivity contribution is 5.84. The van der Waals surface area contributed by atoms with Crippen LogP contribution in [-0.2, 0) is 17.8 Å². The second-order valence-electron chi connectivity index (χ2n) is 8.15. The molecule has 0 saturated heterocycles. The topological polar surface area (TPSA) is 49.8 Å². The van der Waals surface area contributed by atoms with Crippen molar-refractivity contribution in [1.82, 2.24) is 4.90 Å². The number of methoxy groups -OCH3 is 1. The standard InChI is InChI=1S/C24H31NO3/c1-25(2)16-18-4-8-19(9-5-18)20-10-13-23(26)22(15-20)24(27)14-17-6-11-21(28-3)12-7-17/h4-9,11-12,20,22-23,26H,10,13-16H2,1-3H3. The molecule has 1 aliphatic carbocycles. The molecule has 0 spiro atoms. The third kappa shape index (κ3) is 5.21. The Morgan fingerprint density at radius 1 is 1.04 bits per heavy atom. The molecule has 0 heterocycles. The molecule has 0 amide bonds. The molecule has 0 bridgehead atoms. The first-order valence-electron chi connectivity index (χ1n) is 10.0. The Hall–Kier alpha value is -2.17. The molecule has 0 aliphatic heterocycles. The monoisotopic (exact) mass is 381 g/mol. The predicted octanol–water partition coefficient (Wildman–Crippen LogP) is 3.81. The number of hydrogen-bond acceptors (Lipinski definition) is 4. The fourth-order valence-corrected chi connectivity index (χ4v) is 4.14. The van der Waals surface area contributed by atoms with Crippen LogP contribution < -0.4 is 4.74 Å². The van der Waals surface area contributed by atoms with E-state index in [1.807, 2.05) is 24.3 Å². The molecular formula is C24H31NO3. The second kappa shape index (κ2) is 9.35. The van der Waals surface area contributed by atoms with E-state index in [0.717, 1.165) is 30.7 Å². The van der Waals surface area contributed by atoms with Crippen LogP contribution in [0.2, 0.25) is 0 Å². The number of aliphatic hydroxyl groups is 1. The lowest BCUT2D eigenvalue weighted by Gasteiger charge is -2.33. The predicted molar refractivity (Wildman–Crippen MR) is 112 cm³/mol. The maximum Gasteiger partial charge on any atom is 0.142 e. The van der Waals surface area contributed by atoms with Crippen molar-refractivity contribution in [3.63, 3.8) is 0 Å². The molecule has 3 rings (SSSR count). The third-order valence-electron chi connectivity index (χ3n) is 5.71. The summed E-state index contributed by atoms with van der Waals surface area (Å²) in [5.74, 6) is 0.960. The Morgan fingerprint density at radius 3 is 2.29 bits per heavy atom. The van der Waals surface area contributed by atoms with Gasteiger partial charge in [-0.3, -0.25) is 4.79 Å². The van der Waals surface area contributed by atoms with Crippen molar-refractivity contribution < 1.29 is 14.6 Å². The van der Waals surface area contributed by atoms with Gasteiger partial charge in [0.25, 0.3) is 0 Å². The second-order valence-corrected chi connectivity index (χ2v) is 8.15. The van der Waals surface area contributed by atoms with Gasteiger partial charge in [-0.15, -0.1) is 0 Å². The average molecular weight is 382 g/mol. The van der Waals surface area contributed by atoms with Crippen molar-refractivity contribution in [2.45, 2.75) is 44.2 Å². The van der Waals surface area contributed by atoms with Crippen molar-refractivity contribution >= 4 is 5.78 Å². The van der Waals surface area contributed by atoms with Crippen molar-refractivity contribution in [3.05, 3.63) is 65.2 Å². The molecular weight excluding hydrogens is 350 g/mol. The molecule has 2 aromatic carbocycles. The fourth-order valence-electron chi connectivity index (χ4n) is 4.14. The number of ether oxygens (including phenoxy) is 1. The maximum atomic E-state index is 12.9. The van der Waals surface area contributed by atoms with Gasteiger partial charge in [0.15, 0.2) is 0 Å². The number of benzene rings is 2. The van der Waals surface area contributed by atoms with E-state index >= 15 is 0 Å². The molecule has 1 fully saturated rings. The lowest BCUT2D eigenvalue weighted by molar-refractivity contribution is -0.127. The third-order valence-corrected chi connectivity index (χ3v) is 5.71. The normalized spacial score (nSPS) is 22.2. The summed E-state index contributed by atoms with van der Waals surface area (Å²) in [6.45, 7) is 0.923. The molecule has 3 atom stereocenters. The molecule has 0 radical (unpaired) electrons. The van der Waals surface area contributed by atoms with Crippen LogP contribution in [-0.4, -0.2) is 43.1 Å². The van der Waals surface area contributed by atoms with Crippen molar-refractivity contribution in [2.75, 3.05) is 21.2 Å². The number of carbonyl (C=O) groups excluding carboxylic acids is 1. The Morgan fingerprint density at radius 2 is 1.68 bits per heavy atom. The van der Waals surface area contributed by atoms with Gasteiger partial charge in [-0.2, -0.15) is 0 Å². The van der Waals surface area contributed by atoms with E-state index in [2.05, 4.69) is 43.3 Å². The molecule has 0 aromatic heterocycles. The van der Waals surface area contributed by atoms with E-state index in [4.69, 9.17) is 4.74 Å². The number of rotatable bonds is 7. The molecule has 150 valence electrons. The van der Waals surface area contributed by atoms with Crippen molar-refractivity contribution in [1.29, 1.82) is 0 Å². The van der Waals surface area contributed by atoms with Gasteiger partial charge < -0.3 is 14.7 Å². The SMILES string of the molecule is COc1ccc(CC(=O)C2CC(c3ccc(CN(C)C)cc3)CCC2O)cc1. The zero-order valence-electron chi connectivity index (χ0n) is 17.1. The Bertz CT molecular complexity index is 767. The summed E-state index contributed by atoms with van der Waals surface area (Å²) >= 11 is 0. The lowest BCUT2D eigenvalue weighted by Crippen LogP contribution is -2.35. The van der Waals surface area contributed by atoms with E-state index in [9.17, 15) is 9.90 Å². The fraction of sp³-hybridized carbons (Fsp3) is 0.458. The maximum absolute atomic E-state index is 12.9. The number of hydrogen-bond donors (Lipinski definition) is 1. The molecule has 1 N–H and O–H groups in total. The zero-order chi connectivity index (χ0) is 20.1. The van der Waals surface area contributed by atoms with Crippen LogP contribution in [0.3, 0.4) is 0 Å². The number of Topliss-reactive ketones (excluding diaryl/α,β-unsaturated/α-hetero) is 1. The van der Waals surface area contributed by atoms with Crippen LogP contribution in [0.25, 0.3) is 0 Å². The van der Waals surface area contributed by atoms with E-state index < -0.39 is 6.10 Å². The molecule has 3 unspecified atom stereocenters. The smallest absolute Gasteiger partial charge is 0.142 e. The number of carbonyl (C=O) groups is 1. The van der Waals surface area contributed by atoms with Crippen LogP contribution in [0.15, 0.2) is 48.5 Å². The Balaban J connectivity index is 1.65. The van der Waals surface area contributed by atoms with E-state index in [0.29, 0.717) is 18.8 Å². The summed E-state index contributed by atoms with van der Waals surface area (Å²) < 4.78 is 5.17. The minimum absolute atomic E-state index is 0.131. The van der Waals surface area contributed by atoms with Crippen molar-refractivity contribution in [3.8, 4) is 5.75 Å². The first-order valence-corrected chi connectivity index (χ1v) is 10.0. The van der Waals surface area contributed by atoms with Gasteiger partial charge in [-0.05, 0) is 68.1 Å². The van der Waals surface area contributed by atoms with Crippen LogP contribution in [0.5, 0.6) is 5.75 Å². The molecule has 2 aromatic rings. The van der Waals surface area contributed by atoms with Gasteiger partial charge in [-0.25, -0.2) is 0 Å². The van der Waals surface area contributed by atoms with Gasteiger partial charge >= 0.3 is 0 Å². The quantitative estimate of drug-likeness (QED) is 0.792. The summed E-state index contributed by atoms with van der Waals surface area (Å²) in [5, 5.41) is 10.5. The highest BCUT2D eigenvalue weighted by atomic mass is 16.5. The summed E-state index contributed by atoms with van der Waals surface area (Å²) in [7, 11) is 5.76. The van der Waals surface area contributed by atoms with Crippen LogP contribution in [0, 0.1) is 5.92 Å². The molecule has 4 heteroatoms. The molecule has 1 aliphatic rings.